The van der Waals surface area contributed by atoms with Crippen molar-refractivity contribution in [1.29, 1.82) is 10.5 Å². The highest BCUT2D eigenvalue weighted by atomic mass is 32.2. The number of thiophene rings is 1. The average Bonchev–Trinajstić information content (AvgIpc) is 3.50. The van der Waals surface area contributed by atoms with Gasteiger partial charge in [0.15, 0.2) is 0 Å². The van der Waals surface area contributed by atoms with Gasteiger partial charge < -0.3 is 20.1 Å². The molecule has 2 aromatic heterocycles. The zero-order valence-corrected chi connectivity index (χ0v) is 23.8. The molecule has 202 valence electrons. The fourth-order valence-electron chi connectivity index (χ4n) is 5.04. The number of rotatable bonds is 7. The van der Waals surface area contributed by atoms with Gasteiger partial charge in [0.25, 0.3) is 0 Å². The van der Waals surface area contributed by atoms with E-state index in [0.29, 0.717) is 17.1 Å². The van der Waals surface area contributed by atoms with Gasteiger partial charge in [0.1, 0.15) is 28.5 Å². The van der Waals surface area contributed by atoms with Crippen LogP contribution in [0.5, 0.6) is 0 Å². The number of allylic oxidation sites excluding steroid dienone is 1. The predicted octanol–water partition coefficient (Wildman–Crippen LogP) is 5.09. The van der Waals surface area contributed by atoms with Crippen LogP contribution in [0.2, 0.25) is 0 Å². The lowest BCUT2D eigenvalue weighted by atomic mass is 9.83. The molecule has 0 fully saturated rings. The van der Waals surface area contributed by atoms with Crippen molar-refractivity contribution in [2.45, 2.75) is 30.8 Å². The predicted molar refractivity (Wildman–Crippen MR) is 154 cm³/mol. The monoisotopic (exact) mass is 569 g/mol. The third-order valence-corrected chi connectivity index (χ3v) is 8.72. The van der Waals surface area contributed by atoms with Crippen molar-refractivity contribution >= 4 is 29.1 Å². The number of nitrogens with two attached hydrogens (primary N) is 1. The van der Waals surface area contributed by atoms with Gasteiger partial charge in [-0.15, -0.1) is 11.3 Å². The first-order valence-corrected chi connectivity index (χ1v) is 14.7. The molecular formula is C30H27N5O3S2. The van der Waals surface area contributed by atoms with E-state index in [1.165, 1.54) is 11.8 Å². The van der Waals surface area contributed by atoms with E-state index in [2.05, 4.69) is 24.1 Å². The topological polar surface area (TPSA) is 125 Å². The highest BCUT2D eigenvalue weighted by Gasteiger charge is 2.38. The van der Waals surface area contributed by atoms with E-state index < -0.39 is 11.9 Å². The largest absolute Gasteiger partial charge is 0.463 e. The number of fused-ring (bicyclic) bond motifs is 1. The standard InChI is InChI=1S/C30H27N5O3S2/c1-3-37-30(36)27-23(38-28(33)19(14-31)25(27)18-8-5-4-6-9-18)17-40-29-20(15-32)26(24-10-7-13-39-24)21-16-35(2)12-11-22(21)34-29/h4-10,13,25H,3,11-12,16-17,33H2,1-2H3/t25-/m0/s1. The second-order valence-electron chi connectivity index (χ2n) is 9.35. The van der Waals surface area contributed by atoms with Gasteiger partial charge in [-0.05, 0) is 36.5 Å². The molecule has 2 aliphatic rings. The molecule has 0 spiro atoms. The quantitative estimate of drug-likeness (QED) is 0.306. The van der Waals surface area contributed by atoms with E-state index >= 15 is 0 Å². The van der Waals surface area contributed by atoms with Crippen molar-refractivity contribution in [3.05, 3.63) is 93.0 Å². The number of likely N-dealkylation sites (N-methyl/N-ethyl adjacent to an activating group) is 1. The molecule has 4 heterocycles. The molecular weight excluding hydrogens is 542 g/mol. The van der Waals surface area contributed by atoms with Gasteiger partial charge in [-0.3, -0.25) is 0 Å². The van der Waals surface area contributed by atoms with Gasteiger partial charge in [0, 0.05) is 35.6 Å². The first kappa shape index (κ1) is 27.5. The zero-order valence-electron chi connectivity index (χ0n) is 22.1. The zero-order chi connectivity index (χ0) is 28.2. The minimum Gasteiger partial charge on any atom is -0.463 e. The number of esters is 1. The van der Waals surface area contributed by atoms with Crippen molar-refractivity contribution < 1.29 is 14.3 Å². The van der Waals surface area contributed by atoms with Crippen molar-refractivity contribution in [1.82, 2.24) is 9.88 Å². The summed E-state index contributed by atoms with van der Waals surface area (Å²) < 4.78 is 11.3. The second-order valence-corrected chi connectivity index (χ2v) is 11.3. The number of aromatic nitrogens is 1. The maximum Gasteiger partial charge on any atom is 0.338 e. The van der Waals surface area contributed by atoms with E-state index in [-0.39, 0.29) is 35.1 Å². The maximum atomic E-state index is 13.3. The molecule has 0 bridgehead atoms. The maximum absolute atomic E-state index is 13.3. The van der Waals surface area contributed by atoms with Crippen LogP contribution < -0.4 is 5.73 Å². The molecule has 40 heavy (non-hydrogen) atoms. The Labute approximate surface area is 241 Å². The Morgan fingerprint density at radius 1 is 1.25 bits per heavy atom. The molecule has 0 aliphatic carbocycles. The van der Waals surface area contributed by atoms with Crippen LogP contribution in [-0.2, 0) is 27.2 Å². The number of nitriles is 2. The van der Waals surface area contributed by atoms with E-state index in [0.717, 1.165) is 40.2 Å². The van der Waals surface area contributed by atoms with Crippen molar-refractivity contribution in [2.24, 2.45) is 5.73 Å². The van der Waals surface area contributed by atoms with Gasteiger partial charge in [0.05, 0.1) is 29.4 Å². The Bertz CT molecular complexity index is 1580. The average molecular weight is 570 g/mol. The van der Waals surface area contributed by atoms with E-state index in [4.69, 9.17) is 20.2 Å². The smallest absolute Gasteiger partial charge is 0.338 e. The number of hydrogen-bond donors (Lipinski definition) is 1. The lowest BCUT2D eigenvalue weighted by Gasteiger charge is -2.29. The molecule has 0 saturated carbocycles. The summed E-state index contributed by atoms with van der Waals surface area (Å²) >= 11 is 2.91. The lowest BCUT2D eigenvalue weighted by Crippen LogP contribution is -2.28. The molecule has 0 radical (unpaired) electrons. The van der Waals surface area contributed by atoms with E-state index in [9.17, 15) is 15.3 Å². The molecule has 1 aromatic carbocycles. The number of ether oxygens (including phenoxy) is 2. The number of thioether (sulfide) groups is 1. The Balaban J connectivity index is 1.60. The molecule has 3 aromatic rings. The summed E-state index contributed by atoms with van der Waals surface area (Å²) in [6.07, 6.45) is 0.772. The van der Waals surface area contributed by atoms with Crippen molar-refractivity contribution in [3.8, 4) is 22.6 Å². The molecule has 2 N–H and O–H groups in total. The Morgan fingerprint density at radius 3 is 2.73 bits per heavy atom. The Kier molecular flexibility index (Phi) is 8.22. The van der Waals surface area contributed by atoms with Crippen LogP contribution in [0.15, 0.2) is 75.7 Å². The third-order valence-electron chi connectivity index (χ3n) is 6.85. The summed E-state index contributed by atoms with van der Waals surface area (Å²) in [4.78, 5) is 21.5. The van der Waals surface area contributed by atoms with Crippen LogP contribution in [0, 0.1) is 22.7 Å². The molecule has 8 nitrogen and oxygen atoms in total. The normalized spacial score (nSPS) is 17.1. The lowest BCUT2D eigenvalue weighted by molar-refractivity contribution is -0.139. The molecule has 5 rings (SSSR count). The third kappa shape index (κ3) is 5.22. The van der Waals surface area contributed by atoms with E-state index in [1.807, 2.05) is 47.8 Å². The number of carbonyl (C=O) groups excluding carboxylic acids is 1. The van der Waals surface area contributed by atoms with E-state index in [1.54, 1.807) is 18.3 Å². The fraction of sp³-hybridized carbons (Fsp3) is 0.267. The van der Waals surface area contributed by atoms with Crippen LogP contribution in [0.1, 0.15) is 35.2 Å². The molecule has 0 amide bonds. The molecule has 2 aliphatic heterocycles. The molecule has 1 atom stereocenters. The van der Waals surface area contributed by atoms with Crippen LogP contribution in [0.3, 0.4) is 0 Å². The second kappa shape index (κ2) is 12.0. The summed E-state index contributed by atoms with van der Waals surface area (Å²) in [5.74, 6) is -0.913. The molecule has 0 saturated heterocycles. The van der Waals surface area contributed by atoms with Crippen LogP contribution in [-0.4, -0.2) is 41.8 Å². The van der Waals surface area contributed by atoms with Crippen molar-refractivity contribution in [3.63, 3.8) is 0 Å². The van der Waals surface area contributed by atoms with Gasteiger partial charge in [-0.1, -0.05) is 48.2 Å². The summed E-state index contributed by atoms with van der Waals surface area (Å²) in [5, 5.41) is 22.8. The first-order valence-electron chi connectivity index (χ1n) is 12.8. The highest BCUT2D eigenvalue weighted by molar-refractivity contribution is 7.99. The highest BCUT2D eigenvalue weighted by Crippen LogP contribution is 2.43. The number of benzene rings is 1. The number of carbonyl (C=O) groups is 1. The summed E-state index contributed by atoms with van der Waals surface area (Å²) in [5.41, 5.74) is 10.8. The Morgan fingerprint density at radius 2 is 2.05 bits per heavy atom. The number of nitrogens with zero attached hydrogens (tertiary/aromatic N) is 4. The fourth-order valence-corrected chi connectivity index (χ4v) is 6.80. The molecule has 0 unspecified atom stereocenters. The summed E-state index contributed by atoms with van der Waals surface area (Å²) in [6.45, 7) is 3.48. The van der Waals surface area contributed by atoms with Gasteiger partial charge >= 0.3 is 5.97 Å². The number of pyridine rings is 1. The van der Waals surface area contributed by atoms with Crippen molar-refractivity contribution in [2.75, 3.05) is 26.0 Å². The minimum absolute atomic E-state index is 0.0544. The van der Waals surface area contributed by atoms with Crippen LogP contribution >= 0.6 is 23.1 Å². The van der Waals surface area contributed by atoms with Crippen LogP contribution in [0.4, 0.5) is 0 Å². The minimum atomic E-state index is -0.737. The summed E-state index contributed by atoms with van der Waals surface area (Å²) in [7, 11) is 2.07. The molecule has 10 heteroatoms. The number of hydrogen-bond acceptors (Lipinski definition) is 10. The summed E-state index contributed by atoms with van der Waals surface area (Å²) in [6, 6.07) is 17.7. The van der Waals surface area contributed by atoms with Gasteiger partial charge in [0.2, 0.25) is 5.88 Å². The SMILES string of the molecule is CCOC(=O)C1=C(CSc2nc3c(c(-c4cccs4)c2C#N)CN(C)CC3)OC(N)=C(C#N)[C@@H]1c1ccccc1. The first-order chi connectivity index (χ1) is 19.5. The van der Waals surface area contributed by atoms with Crippen LogP contribution in [0.25, 0.3) is 10.4 Å². The Hall–Kier alpha value is -4.09. The van der Waals surface area contributed by atoms with Gasteiger partial charge in [-0.25, -0.2) is 9.78 Å². The van der Waals surface area contributed by atoms with Gasteiger partial charge in [-0.2, -0.15) is 10.5 Å².